The number of benzene rings is 2. The van der Waals surface area contributed by atoms with Gasteiger partial charge in [0.05, 0.1) is 17.7 Å². The molecule has 6 rings (SSSR count). The van der Waals surface area contributed by atoms with Crippen molar-refractivity contribution in [2.75, 3.05) is 52.4 Å². The Bertz CT molecular complexity index is 1550. The lowest BCUT2D eigenvalue weighted by atomic mass is 9.98. The summed E-state index contributed by atoms with van der Waals surface area (Å²) in [5.74, 6) is -0.919. The van der Waals surface area contributed by atoms with Gasteiger partial charge in [0.25, 0.3) is 5.91 Å². The number of nitrogens with one attached hydrogen (secondary N) is 1. The predicted molar refractivity (Wildman–Crippen MR) is 179 cm³/mol. The monoisotopic (exact) mass is 735 g/mol. The molecule has 4 heterocycles. The van der Waals surface area contributed by atoms with Gasteiger partial charge in [0, 0.05) is 67.5 Å². The molecule has 0 unspecified atom stereocenters. The molecule has 2 amide bonds. The average molecular weight is 737 g/mol. The molecule has 0 spiro atoms. The molecule has 3 aliphatic heterocycles. The Kier molecular flexibility index (Phi) is 12.6. The maximum atomic E-state index is 13.8. The predicted octanol–water partition coefficient (Wildman–Crippen LogP) is 6.90. The average Bonchev–Trinajstić information content (AvgIpc) is 3.46. The van der Waals surface area contributed by atoms with Crippen LogP contribution in [0.25, 0.3) is 10.9 Å². The summed E-state index contributed by atoms with van der Waals surface area (Å²) >= 11 is 0. The zero-order chi connectivity index (χ0) is 33.3. The van der Waals surface area contributed by atoms with Crippen molar-refractivity contribution in [3.8, 4) is 0 Å². The molecule has 3 aromatic rings. The smallest absolute Gasteiger partial charge is 0.361 e. The topological polar surface area (TPSA) is 62.9 Å². The molecular weight excluding hydrogens is 695 g/mol. The van der Waals surface area contributed by atoms with Gasteiger partial charge in [-0.05, 0) is 75.0 Å². The lowest BCUT2D eigenvalue weighted by molar-refractivity contribution is -0.143. The van der Waals surface area contributed by atoms with Crippen LogP contribution in [-0.2, 0) is 23.6 Å². The molecule has 0 radical (unpaired) electrons. The third kappa shape index (κ3) is 9.03. The number of nitrogens with zero attached hydrogens (tertiary/aromatic N) is 4. The number of hydrogen-bond donors (Lipinski definition) is 1. The maximum Gasteiger partial charge on any atom is 0.416 e. The van der Waals surface area contributed by atoms with Crippen LogP contribution in [0.1, 0.15) is 59.2 Å². The van der Waals surface area contributed by atoms with E-state index in [4.69, 9.17) is 0 Å². The number of piperazine rings is 1. The SMILES string of the molecule is Cl.Cl.O=C(CN1CCN(C(=O)c2cc(C(F)(F)F)cc(C(F)(F)F)c2)[C@H](Cc2c[nH]c3ccccc23)C1)N1CCC(N2CCCCC2)CC1. The van der Waals surface area contributed by atoms with Crippen molar-refractivity contribution in [1.29, 1.82) is 0 Å². The Morgan fingerprint density at radius 1 is 0.796 bits per heavy atom. The van der Waals surface area contributed by atoms with Gasteiger partial charge >= 0.3 is 12.4 Å². The second kappa shape index (κ2) is 15.9. The molecule has 3 fully saturated rings. The third-order valence-corrected chi connectivity index (χ3v) is 9.88. The summed E-state index contributed by atoms with van der Waals surface area (Å²) in [4.78, 5) is 38.1. The fourth-order valence-electron chi connectivity index (χ4n) is 7.36. The number of para-hydroxylation sites is 1. The van der Waals surface area contributed by atoms with Crippen molar-refractivity contribution in [3.63, 3.8) is 0 Å². The van der Waals surface area contributed by atoms with Crippen LogP contribution in [0.4, 0.5) is 26.3 Å². The standard InChI is InChI=1S/C34H39F6N5O2.2ClH/c35-33(36,37)25-16-23(17-26(19-25)34(38,39)40)32(47)45-15-14-42(21-28(45)18-24-20-41-30-7-3-2-6-29(24)30)22-31(46)44-12-8-27(9-13-44)43-10-4-1-5-11-43;;/h2-3,6-7,16-17,19-20,27-28,41H,1,4-5,8-15,18,21-22H2;2*1H/t28-;;/m1../s1. The summed E-state index contributed by atoms with van der Waals surface area (Å²) in [7, 11) is 0. The number of carbonyl (C=O) groups excluding carboxylic acids is 2. The van der Waals surface area contributed by atoms with E-state index in [2.05, 4.69) is 9.88 Å². The summed E-state index contributed by atoms with van der Waals surface area (Å²) in [6, 6.07) is 8.43. The van der Waals surface area contributed by atoms with Gasteiger partial charge in [0.2, 0.25) is 5.91 Å². The summed E-state index contributed by atoms with van der Waals surface area (Å²) in [5, 5.41) is 0.906. The van der Waals surface area contributed by atoms with Crippen LogP contribution in [-0.4, -0.2) is 101 Å². The van der Waals surface area contributed by atoms with Crippen LogP contribution in [0.2, 0.25) is 0 Å². The van der Waals surface area contributed by atoms with Crippen LogP contribution in [0, 0.1) is 0 Å². The second-order valence-electron chi connectivity index (χ2n) is 13.0. The number of piperidine rings is 2. The largest absolute Gasteiger partial charge is 0.416 e. The van der Waals surface area contributed by atoms with Gasteiger partial charge in [0.15, 0.2) is 0 Å². The molecule has 0 aliphatic carbocycles. The molecule has 49 heavy (non-hydrogen) atoms. The molecule has 1 N–H and O–H groups in total. The van der Waals surface area contributed by atoms with E-state index >= 15 is 0 Å². The number of fused-ring (bicyclic) bond motifs is 1. The lowest BCUT2D eigenvalue weighted by Gasteiger charge is -2.43. The van der Waals surface area contributed by atoms with Crippen LogP contribution in [0.5, 0.6) is 0 Å². The number of amides is 2. The minimum absolute atomic E-state index is 0. The molecular formula is C34H41Cl2F6N5O2. The molecule has 15 heteroatoms. The fraction of sp³-hybridized carbons (Fsp3) is 0.529. The van der Waals surface area contributed by atoms with Crippen molar-refractivity contribution in [2.45, 2.75) is 63.0 Å². The number of carbonyl (C=O) groups is 2. The molecule has 1 aromatic heterocycles. The van der Waals surface area contributed by atoms with E-state index in [-0.39, 0.29) is 63.0 Å². The Balaban J connectivity index is 0.00000270. The van der Waals surface area contributed by atoms with Gasteiger partial charge in [0.1, 0.15) is 0 Å². The van der Waals surface area contributed by atoms with E-state index in [0.717, 1.165) is 42.4 Å². The fourth-order valence-corrected chi connectivity index (χ4v) is 7.36. The quantitative estimate of drug-likeness (QED) is 0.280. The Morgan fingerprint density at radius 3 is 2.06 bits per heavy atom. The van der Waals surface area contributed by atoms with E-state index in [0.29, 0.717) is 37.7 Å². The van der Waals surface area contributed by atoms with Crippen molar-refractivity contribution < 1.29 is 35.9 Å². The zero-order valence-corrected chi connectivity index (χ0v) is 28.5. The Morgan fingerprint density at radius 2 is 1.43 bits per heavy atom. The van der Waals surface area contributed by atoms with Gasteiger partial charge in [-0.2, -0.15) is 26.3 Å². The van der Waals surface area contributed by atoms with Gasteiger partial charge < -0.3 is 19.7 Å². The summed E-state index contributed by atoms with van der Waals surface area (Å²) < 4.78 is 81.7. The molecule has 270 valence electrons. The Labute approximate surface area is 293 Å². The van der Waals surface area contributed by atoms with E-state index in [9.17, 15) is 35.9 Å². The number of aromatic nitrogens is 1. The van der Waals surface area contributed by atoms with Crippen molar-refractivity contribution >= 4 is 47.5 Å². The molecule has 7 nitrogen and oxygen atoms in total. The van der Waals surface area contributed by atoms with Gasteiger partial charge in [-0.15, -0.1) is 24.8 Å². The van der Waals surface area contributed by atoms with Crippen molar-refractivity contribution in [2.24, 2.45) is 0 Å². The molecule has 2 aromatic carbocycles. The number of rotatable bonds is 6. The van der Waals surface area contributed by atoms with E-state index in [1.807, 2.05) is 34.1 Å². The zero-order valence-electron chi connectivity index (χ0n) is 26.9. The van der Waals surface area contributed by atoms with Crippen LogP contribution < -0.4 is 0 Å². The van der Waals surface area contributed by atoms with Crippen molar-refractivity contribution in [3.05, 3.63) is 70.9 Å². The maximum absolute atomic E-state index is 13.8. The highest BCUT2D eigenvalue weighted by Gasteiger charge is 2.40. The number of alkyl halides is 6. The highest BCUT2D eigenvalue weighted by molar-refractivity contribution is 5.95. The number of H-pyrrole nitrogens is 1. The lowest BCUT2D eigenvalue weighted by Crippen LogP contribution is -2.58. The van der Waals surface area contributed by atoms with E-state index in [1.165, 1.54) is 24.2 Å². The Hall–Kier alpha value is -3.00. The second-order valence-corrected chi connectivity index (χ2v) is 13.0. The first-order valence-electron chi connectivity index (χ1n) is 16.3. The van der Waals surface area contributed by atoms with E-state index in [1.54, 1.807) is 6.20 Å². The highest BCUT2D eigenvalue weighted by Crippen LogP contribution is 2.37. The minimum atomic E-state index is -5.07. The normalized spacial score (nSPS) is 20.2. The van der Waals surface area contributed by atoms with Crippen molar-refractivity contribution in [1.82, 2.24) is 24.6 Å². The first-order valence-corrected chi connectivity index (χ1v) is 16.3. The van der Waals surface area contributed by atoms with Gasteiger partial charge in [-0.25, -0.2) is 0 Å². The summed E-state index contributed by atoms with van der Waals surface area (Å²) in [6.45, 7) is 4.25. The minimum Gasteiger partial charge on any atom is -0.361 e. The molecule has 3 saturated heterocycles. The number of halogens is 8. The molecule has 0 bridgehead atoms. The molecule has 1 atom stereocenters. The number of hydrogen-bond acceptors (Lipinski definition) is 4. The highest BCUT2D eigenvalue weighted by atomic mass is 35.5. The summed E-state index contributed by atoms with van der Waals surface area (Å²) in [5.41, 5.74) is -2.01. The van der Waals surface area contributed by atoms with Crippen LogP contribution >= 0.6 is 24.8 Å². The third-order valence-electron chi connectivity index (χ3n) is 9.88. The number of aromatic amines is 1. The number of likely N-dealkylation sites (tertiary alicyclic amines) is 2. The molecule has 3 aliphatic rings. The first kappa shape index (κ1) is 38.8. The molecule has 0 saturated carbocycles. The first-order chi connectivity index (χ1) is 22.4. The van der Waals surface area contributed by atoms with Gasteiger partial charge in [-0.1, -0.05) is 24.6 Å². The van der Waals surface area contributed by atoms with Gasteiger partial charge in [-0.3, -0.25) is 14.5 Å². The van der Waals surface area contributed by atoms with Crippen LogP contribution in [0.15, 0.2) is 48.7 Å². The van der Waals surface area contributed by atoms with Crippen LogP contribution in [0.3, 0.4) is 0 Å². The van der Waals surface area contributed by atoms with E-state index < -0.39 is 41.0 Å². The summed E-state index contributed by atoms with van der Waals surface area (Å²) in [6.07, 6.45) is -2.50.